The smallest absolute Gasteiger partial charge is 0.320 e. The van der Waals surface area contributed by atoms with Crippen LogP contribution in [0.1, 0.15) is 28.3 Å². The average molecular weight is 318 g/mol. The Morgan fingerprint density at radius 1 is 1.14 bits per heavy atom. The summed E-state index contributed by atoms with van der Waals surface area (Å²) in [5.41, 5.74) is 6.05. The van der Waals surface area contributed by atoms with E-state index in [1.165, 1.54) is 6.07 Å². The van der Waals surface area contributed by atoms with Crippen LogP contribution in [0.4, 0.5) is 17.6 Å². The Labute approximate surface area is 124 Å². The fourth-order valence-electron chi connectivity index (χ4n) is 2.04. The van der Waals surface area contributed by atoms with Gasteiger partial charge < -0.3 is 5.73 Å². The van der Waals surface area contributed by atoms with E-state index in [0.29, 0.717) is 10.6 Å². The van der Waals surface area contributed by atoms with Crippen molar-refractivity contribution in [3.63, 3.8) is 0 Å². The third kappa shape index (κ3) is 3.19. The molecule has 2 rings (SSSR count). The van der Waals surface area contributed by atoms with Gasteiger partial charge in [-0.2, -0.15) is 13.2 Å². The number of rotatable bonds is 2. The van der Waals surface area contributed by atoms with E-state index in [4.69, 9.17) is 17.3 Å². The first-order valence-corrected chi connectivity index (χ1v) is 6.47. The molecule has 2 aromatic rings. The molecule has 1 atom stereocenters. The van der Waals surface area contributed by atoms with Gasteiger partial charge in [0.1, 0.15) is 5.82 Å². The van der Waals surface area contributed by atoms with Crippen molar-refractivity contribution < 1.29 is 17.6 Å². The van der Waals surface area contributed by atoms with Gasteiger partial charge in [-0.25, -0.2) is 4.39 Å². The van der Waals surface area contributed by atoms with Crippen LogP contribution in [0, 0.1) is 12.7 Å². The quantitative estimate of drug-likeness (QED) is 0.787. The molecule has 2 aromatic carbocycles. The summed E-state index contributed by atoms with van der Waals surface area (Å²) in [4.78, 5) is 0. The molecule has 0 fully saturated rings. The summed E-state index contributed by atoms with van der Waals surface area (Å²) in [7, 11) is 0. The van der Waals surface area contributed by atoms with Crippen LogP contribution in [0.5, 0.6) is 0 Å². The summed E-state index contributed by atoms with van der Waals surface area (Å²) >= 11 is 6.12. The monoisotopic (exact) mass is 317 g/mol. The fourth-order valence-corrected chi connectivity index (χ4v) is 2.29. The Morgan fingerprint density at radius 2 is 1.81 bits per heavy atom. The minimum Gasteiger partial charge on any atom is -0.320 e. The lowest BCUT2D eigenvalue weighted by Crippen LogP contribution is -2.15. The Morgan fingerprint density at radius 3 is 2.43 bits per heavy atom. The van der Waals surface area contributed by atoms with Gasteiger partial charge in [-0.05, 0) is 35.7 Å². The van der Waals surface area contributed by atoms with Gasteiger partial charge in [-0.15, -0.1) is 0 Å². The third-order valence-corrected chi connectivity index (χ3v) is 3.73. The number of halogens is 5. The number of aryl methyl sites for hydroxylation is 1. The van der Waals surface area contributed by atoms with E-state index < -0.39 is 23.6 Å². The van der Waals surface area contributed by atoms with E-state index in [2.05, 4.69) is 0 Å². The van der Waals surface area contributed by atoms with Crippen molar-refractivity contribution in [2.24, 2.45) is 5.73 Å². The summed E-state index contributed by atoms with van der Waals surface area (Å²) in [6.45, 7) is 1.77. The van der Waals surface area contributed by atoms with Crippen molar-refractivity contribution in [3.05, 3.63) is 69.5 Å². The first-order valence-electron chi connectivity index (χ1n) is 6.09. The molecule has 0 aromatic heterocycles. The van der Waals surface area contributed by atoms with E-state index >= 15 is 0 Å². The highest BCUT2D eigenvalue weighted by Crippen LogP contribution is 2.35. The number of alkyl halides is 3. The zero-order valence-corrected chi connectivity index (χ0v) is 11.8. The third-order valence-electron chi connectivity index (χ3n) is 3.21. The Kier molecular flexibility index (Phi) is 4.25. The van der Waals surface area contributed by atoms with E-state index in [1.807, 2.05) is 0 Å². The van der Waals surface area contributed by atoms with Crippen LogP contribution < -0.4 is 5.73 Å². The molecular weight excluding hydrogens is 306 g/mol. The lowest BCUT2D eigenvalue weighted by molar-refractivity contribution is -0.140. The predicted molar refractivity (Wildman–Crippen MR) is 73.6 cm³/mol. The SMILES string of the molecule is Cc1cccc(C(N)c2ccc(F)c(C(F)(F)F)c2)c1Cl. The van der Waals surface area contributed by atoms with Gasteiger partial charge in [0.2, 0.25) is 0 Å². The second kappa shape index (κ2) is 5.66. The van der Waals surface area contributed by atoms with Crippen LogP contribution in [0.3, 0.4) is 0 Å². The zero-order valence-electron chi connectivity index (χ0n) is 11.0. The van der Waals surface area contributed by atoms with Gasteiger partial charge in [0, 0.05) is 5.02 Å². The molecule has 0 saturated carbocycles. The molecular formula is C15H12ClF4N. The Balaban J connectivity index is 2.49. The second-order valence-electron chi connectivity index (χ2n) is 4.69. The van der Waals surface area contributed by atoms with Gasteiger partial charge in [0.25, 0.3) is 0 Å². The molecule has 0 saturated heterocycles. The molecule has 2 N–H and O–H groups in total. The normalized spacial score (nSPS) is 13.3. The molecule has 0 spiro atoms. The van der Waals surface area contributed by atoms with E-state index in [9.17, 15) is 17.6 Å². The molecule has 0 bridgehead atoms. The average Bonchev–Trinajstić information content (AvgIpc) is 2.40. The summed E-state index contributed by atoms with van der Waals surface area (Å²) in [5, 5.41) is 0.392. The number of hydrogen-bond donors (Lipinski definition) is 1. The molecule has 0 aliphatic carbocycles. The summed E-state index contributed by atoms with van der Waals surface area (Å²) in [5.74, 6) is -1.33. The first kappa shape index (κ1) is 15.8. The molecule has 21 heavy (non-hydrogen) atoms. The fraction of sp³-hybridized carbons (Fsp3) is 0.200. The summed E-state index contributed by atoms with van der Waals surface area (Å²) in [6.07, 6.45) is -4.77. The van der Waals surface area contributed by atoms with Gasteiger partial charge in [0.05, 0.1) is 11.6 Å². The highest BCUT2D eigenvalue weighted by Gasteiger charge is 2.34. The second-order valence-corrected chi connectivity index (χ2v) is 5.07. The summed E-state index contributed by atoms with van der Waals surface area (Å²) < 4.78 is 51.5. The van der Waals surface area contributed by atoms with Crippen molar-refractivity contribution in [2.75, 3.05) is 0 Å². The van der Waals surface area contributed by atoms with Gasteiger partial charge in [-0.1, -0.05) is 35.9 Å². The van der Waals surface area contributed by atoms with Crippen molar-refractivity contribution in [2.45, 2.75) is 19.1 Å². The Bertz CT molecular complexity index is 667. The molecule has 6 heteroatoms. The number of nitrogens with two attached hydrogens (primary N) is 1. The Hall–Kier alpha value is -1.59. The molecule has 0 heterocycles. The van der Waals surface area contributed by atoms with Crippen molar-refractivity contribution in [3.8, 4) is 0 Å². The van der Waals surface area contributed by atoms with Crippen LogP contribution in [-0.2, 0) is 6.18 Å². The first-order chi connectivity index (χ1) is 9.71. The standard InChI is InChI=1S/C15H12ClF4N/c1-8-3-2-4-10(13(8)16)14(21)9-5-6-12(17)11(7-9)15(18,19)20/h2-7,14H,21H2,1H3. The highest BCUT2D eigenvalue weighted by molar-refractivity contribution is 6.32. The molecule has 1 nitrogen and oxygen atoms in total. The predicted octanol–water partition coefficient (Wildman–Crippen LogP) is 4.85. The number of benzene rings is 2. The van der Waals surface area contributed by atoms with Crippen LogP contribution in [0.2, 0.25) is 5.02 Å². The van der Waals surface area contributed by atoms with Gasteiger partial charge in [0.15, 0.2) is 0 Å². The molecule has 112 valence electrons. The van der Waals surface area contributed by atoms with Crippen LogP contribution in [0.25, 0.3) is 0 Å². The lowest BCUT2D eigenvalue weighted by Gasteiger charge is -2.17. The van der Waals surface area contributed by atoms with Crippen molar-refractivity contribution >= 4 is 11.6 Å². The molecule has 0 amide bonds. The van der Waals surface area contributed by atoms with Crippen molar-refractivity contribution in [1.82, 2.24) is 0 Å². The van der Waals surface area contributed by atoms with Crippen molar-refractivity contribution in [1.29, 1.82) is 0 Å². The van der Waals surface area contributed by atoms with E-state index in [-0.39, 0.29) is 5.56 Å². The van der Waals surface area contributed by atoms with Crippen LogP contribution in [-0.4, -0.2) is 0 Å². The maximum Gasteiger partial charge on any atom is 0.419 e. The zero-order chi connectivity index (χ0) is 15.8. The topological polar surface area (TPSA) is 26.0 Å². The minimum atomic E-state index is -4.77. The highest BCUT2D eigenvalue weighted by atomic mass is 35.5. The maximum atomic E-state index is 13.3. The largest absolute Gasteiger partial charge is 0.419 e. The summed E-state index contributed by atoms with van der Waals surface area (Å²) in [6, 6.07) is 6.97. The molecule has 0 aliphatic rings. The molecule has 0 radical (unpaired) electrons. The lowest BCUT2D eigenvalue weighted by atomic mass is 9.96. The van der Waals surface area contributed by atoms with E-state index in [1.54, 1.807) is 25.1 Å². The minimum absolute atomic E-state index is 0.149. The van der Waals surface area contributed by atoms with Gasteiger partial charge >= 0.3 is 6.18 Å². The molecule has 1 unspecified atom stereocenters. The van der Waals surface area contributed by atoms with Crippen LogP contribution >= 0.6 is 11.6 Å². The maximum absolute atomic E-state index is 13.3. The number of hydrogen-bond acceptors (Lipinski definition) is 1. The van der Waals surface area contributed by atoms with E-state index in [0.717, 1.165) is 17.7 Å². The molecule has 0 aliphatic heterocycles. The van der Waals surface area contributed by atoms with Crippen LogP contribution in [0.15, 0.2) is 36.4 Å². The van der Waals surface area contributed by atoms with Gasteiger partial charge in [-0.3, -0.25) is 0 Å².